The lowest BCUT2D eigenvalue weighted by Gasteiger charge is -2.31. The second-order valence-electron chi connectivity index (χ2n) is 8.32. The van der Waals surface area contributed by atoms with Crippen molar-refractivity contribution in [1.82, 2.24) is 4.90 Å². The highest BCUT2D eigenvalue weighted by atomic mass is 19.4. The van der Waals surface area contributed by atoms with Crippen molar-refractivity contribution in [3.8, 4) is 0 Å². The van der Waals surface area contributed by atoms with Crippen LogP contribution in [0.1, 0.15) is 18.1 Å². The standard InChI is InChI=1S/C24H29F3N4O3/c1-16-4-7-19(8-5-16)28-22(32)15-30(3)17(2)23(33)29-20-14-18(24(25,26)27)6-9-21(20)31-10-12-34-13-11-31/h4-9,14,17H,10-13,15H2,1-3H3,(H,28,32)(H,29,33)/t17-/m1/s1. The number of hydrogen-bond donors (Lipinski definition) is 2. The molecular weight excluding hydrogens is 449 g/mol. The molecule has 0 radical (unpaired) electrons. The summed E-state index contributed by atoms with van der Waals surface area (Å²) in [4.78, 5) is 28.7. The number of benzene rings is 2. The molecule has 2 N–H and O–H groups in total. The summed E-state index contributed by atoms with van der Waals surface area (Å²) in [6.45, 7) is 5.37. The second-order valence-corrected chi connectivity index (χ2v) is 8.32. The Morgan fingerprint density at radius 2 is 1.74 bits per heavy atom. The summed E-state index contributed by atoms with van der Waals surface area (Å²) in [6.07, 6.45) is -4.54. The number of nitrogens with one attached hydrogen (secondary N) is 2. The van der Waals surface area contributed by atoms with Crippen molar-refractivity contribution in [2.45, 2.75) is 26.1 Å². The molecule has 2 amide bonds. The maximum absolute atomic E-state index is 13.3. The number of likely N-dealkylation sites (N-methyl/N-ethyl adjacent to an activating group) is 1. The predicted octanol–water partition coefficient (Wildman–Crippen LogP) is 3.75. The van der Waals surface area contributed by atoms with Crippen LogP contribution in [0.15, 0.2) is 42.5 Å². The van der Waals surface area contributed by atoms with Gasteiger partial charge < -0.3 is 20.3 Å². The molecule has 0 spiro atoms. The van der Waals surface area contributed by atoms with Crippen molar-refractivity contribution in [2.75, 3.05) is 55.4 Å². The van der Waals surface area contributed by atoms with E-state index in [1.807, 2.05) is 24.0 Å². The largest absolute Gasteiger partial charge is 0.416 e. The Bertz CT molecular complexity index is 1010. The summed E-state index contributed by atoms with van der Waals surface area (Å²) in [5, 5.41) is 5.40. The first kappa shape index (κ1) is 25.5. The Hall–Kier alpha value is -3.11. The Morgan fingerprint density at radius 3 is 2.35 bits per heavy atom. The van der Waals surface area contributed by atoms with Crippen LogP contribution in [-0.2, 0) is 20.5 Å². The lowest BCUT2D eigenvalue weighted by molar-refractivity contribution is -0.137. The van der Waals surface area contributed by atoms with Gasteiger partial charge in [-0.25, -0.2) is 0 Å². The quantitative estimate of drug-likeness (QED) is 0.634. The number of anilines is 3. The predicted molar refractivity (Wildman–Crippen MR) is 125 cm³/mol. The van der Waals surface area contributed by atoms with E-state index in [4.69, 9.17) is 4.74 Å². The number of amides is 2. The van der Waals surface area contributed by atoms with Gasteiger partial charge in [0, 0.05) is 18.8 Å². The van der Waals surface area contributed by atoms with Crippen LogP contribution in [0.5, 0.6) is 0 Å². The number of carbonyl (C=O) groups excluding carboxylic acids is 2. The van der Waals surface area contributed by atoms with E-state index >= 15 is 0 Å². The molecule has 0 saturated carbocycles. The van der Waals surface area contributed by atoms with Gasteiger partial charge in [0.15, 0.2) is 0 Å². The van der Waals surface area contributed by atoms with Gasteiger partial charge in [0.2, 0.25) is 11.8 Å². The maximum atomic E-state index is 13.3. The van der Waals surface area contributed by atoms with E-state index in [1.54, 1.807) is 26.1 Å². The van der Waals surface area contributed by atoms with Crippen LogP contribution in [0.2, 0.25) is 0 Å². The summed E-state index contributed by atoms with van der Waals surface area (Å²) in [5.41, 5.74) is 1.42. The second kappa shape index (κ2) is 10.9. The van der Waals surface area contributed by atoms with Crippen LogP contribution in [0, 0.1) is 6.92 Å². The van der Waals surface area contributed by atoms with Gasteiger partial charge in [0.1, 0.15) is 0 Å². The minimum absolute atomic E-state index is 0.0681. The Morgan fingerprint density at radius 1 is 1.09 bits per heavy atom. The number of carbonyl (C=O) groups is 2. The minimum atomic E-state index is -4.54. The number of ether oxygens (including phenoxy) is 1. The van der Waals surface area contributed by atoms with Gasteiger partial charge in [-0.3, -0.25) is 14.5 Å². The Balaban J connectivity index is 1.69. The molecule has 34 heavy (non-hydrogen) atoms. The fourth-order valence-electron chi connectivity index (χ4n) is 3.53. The lowest BCUT2D eigenvalue weighted by Crippen LogP contribution is -2.43. The van der Waals surface area contributed by atoms with Crippen LogP contribution in [0.25, 0.3) is 0 Å². The van der Waals surface area contributed by atoms with Gasteiger partial charge >= 0.3 is 6.18 Å². The van der Waals surface area contributed by atoms with E-state index in [2.05, 4.69) is 10.6 Å². The smallest absolute Gasteiger partial charge is 0.378 e. The third kappa shape index (κ3) is 6.71. The molecule has 1 aliphatic rings. The number of hydrogen-bond acceptors (Lipinski definition) is 5. The van der Waals surface area contributed by atoms with Crippen molar-refractivity contribution in [3.05, 3.63) is 53.6 Å². The van der Waals surface area contributed by atoms with Gasteiger partial charge in [-0.05, 0) is 51.2 Å². The molecule has 1 heterocycles. The molecule has 184 valence electrons. The highest BCUT2D eigenvalue weighted by molar-refractivity contribution is 5.98. The summed E-state index contributed by atoms with van der Waals surface area (Å²) < 4.78 is 45.3. The highest BCUT2D eigenvalue weighted by Gasteiger charge is 2.32. The topological polar surface area (TPSA) is 73.9 Å². The zero-order valence-corrected chi connectivity index (χ0v) is 19.4. The normalized spacial score (nSPS) is 15.2. The number of rotatable bonds is 7. The van der Waals surface area contributed by atoms with E-state index in [0.29, 0.717) is 37.7 Å². The van der Waals surface area contributed by atoms with Crippen LogP contribution in [0.3, 0.4) is 0 Å². The Kier molecular flexibility index (Phi) is 8.16. The number of alkyl halides is 3. The first-order chi connectivity index (χ1) is 16.0. The van der Waals surface area contributed by atoms with Gasteiger partial charge in [-0.1, -0.05) is 17.7 Å². The molecule has 0 unspecified atom stereocenters. The fourth-order valence-corrected chi connectivity index (χ4v) is 3.53. The number of halogens is 3. The fraction of sp³-hybridized carbons (Fsp3) is 0.417. The van der Waals surface area contributed by atoms with Crippen LogP contribution in [0.4, 0.5) is 30.2 Å². The Labute approximate surface area is 196 Å². The number of morpholine rings is 1. The van der Waals surface area contributed by atoms with Crippen molar-refractivity contribution in [1.29, 1.82) is 0 Å². The minimum Gasteiger partial charge on any atom is -0.378 e. The average Bonchev–Trinajstić information content (AvgIpc) is 2.80. The van der Waals surface area contributed by atoms with Gasteiger partial charge in [-0.2, -0.15) is 13.2 Å². The first-order valence-corrected chi connectivity index (χ1v) is 11.0. The number of nitrogens with zero attached hydrogens (tertiary/aromatic N) is 2. The molecule has 1 saturated heterocycles. The van der Waals surface area contributed by atoms with E-state index in [9.17, 15) is 22.8 Å². The van der Waals surface area contributed by atoms with E-state index in [0.717, 1.165) is 17.7 Å². The SMILES string of the molecule is Cc1ccc(NC(=O)CN(C)[C@H](C)C(=O)Nc2cc(C(F)(F)F)ccc2N2CCOCC2)cc1. The molecule has 0 bridgehead atoms. The third-order valence-electron chi connectivity index (χ3n) is 5.70. The van der Waals surface area contributed by atoms with E-state index < -0.39 is 23.7 Å². The molecule has 0 aliphatic carbocycles. The molecule has 1 atom stereocenters. The van der Waals surface area contributed by atoms with E-state index in [-0.39, 0.29) is 18.1 Å². The van der Waals surface area contributed by atoms with Crippen molar-refractivity contribution >= 4 is 28.9 Å². The molecular formula is C24H29F3N4O3. The highest BCUT2D eigenvalue weighted by Crippen LogP contribution is 2.36. The van der Waals surface area contributed by atoms with Crippen LogP contribution in [-0.4, -0.2) is 62.7 Å². The first-order valence-electron chi connectivity index (χ1n) is 11.0. The van der Waals surface area contributed by atoms with E-state index in [1.165, 1.54) is 11.0 Å². The van der Waals surface area contributed by atoms with Gasteiger partial charge in [0.25, 0.3) is 0 Å². The summed E-state index contributed by atoms with van der Waals surface area (Å²) >= 11 is 0. The zero-order chi connectivity index (χ0) is 24.9. The average molecular weight is 479 g/mol. The summed E-state index contributed by atoms with van der Waals surface area (Å²) in [5.74, 6) is -0.821. The molecule has 0 aromatic heterocycles. The van der Waals surface area contributed by atoms with Crippen molar-refractivity contribution in [3.63, 3.8) is 0 Å². The molecule has 10 heteroatoms. The van der Waals surface area contributed by atoms with Crippen molar-refractivity contribution in [2.24, 2.45) is 0 Å². The third-order valence-corrected chi connectivity index (χ3v) is 5.70. The van der Waals surface area contributed by atoms with Crippen LogP contribution < -0.4 is 15.5 Å². The van der Waals surface area contributed by atoms with Crippen molar-refractivity contribution < 1.29 is 27.5 Å². The molecule has 1 aliphatic heterocycles. The molecule has 7 nitrogen and oxygen atoms in total. The lowest BCUT2D eigenvalue weighted by atomic mass is 10.1. The van der Waals surface area contributed by atoms with Crippen LogP contribution >= 0.6 is 0 Å². The molecule has 2 aromatic carbocycles. The monoisotopic (exact) mass is 478 g/mol. The maximum Gasteiger partial charge on any atom is 0.416 e. The summed E-state index contributed by atoms with van der Waals surface area (Å²) in [6, 6.07) is 9.86. The molecule has 2 aromatic rings. The van der Waals surface area contributed by atoms with Gasteiger partial charge in [-0.15, -0.1) is 0 Å². The molecule has 3 rings (SSSR count). The zero-order valence-electron chi connectivity index (χ0n) is 19.4. The summed E-state index contributed by atoms with van der Waals surface area (Å²) in [7, 11) is 1.61. The molecule has 1 fully saturated rings. The number of aryl methyl sites for hydroxylation is 1. The van der Waals surface area contributed by atoms with Gasteiger partial charge in [0.05, 0.1) is 42.7 Å².